The molecule has 0 aliphatic carbocycles. The van der Waals surface area contributed by atoms with Crippen LogP contribution < -0.4 is 10.5 Å². The molecule has 2 fully saturated rings. The van der Waals surface area contributed by atoms with Crippen molar-refractivity contribution >= 4 is 11.8 Å². The van der Waals surface area contributed by atoms with Crippen molar-refractivity contribution in [3.05, 3.63) is 29.8 Å². The molecule has 3 rings (SSSR count). The van der Waals surface area contributed by atoms with Gasteiger partial charge in [-0.1, -0.05) is 12.1 Å². The first-order valence-corrected chi connectivity index (χ1v) is 8.59. The summed E-state index contributed by atoms with van der Waals surface area (Å²) in [6.45, 7) is 2.80. The molecule has 2 saturated heterocycles. The molecule has 7 nitrogen and oxygen atoms in total. The van der Waals surface area contributed by atoms with Crippen LogP contribution in [0.3, 0.4) is 0 Å². The first kappa shape index (κ1) is 17.7. The lowest BCUT2D eigenvalue weighted by Crippen LogP contribution is -2.54. The summed E-state index contributed by atoms with van der Waals surface area (Å²) in [5.41, 5.74) is 5.95. The fraction of sp³-hybridized carbons (Fsp3) is 0.556. The third-order valence-corrected chi connectivity index (χ3v) is 4.79. The number of carbonyl (C=O) groups is 2. The second-order valence-corrected chi connectivity index (χ2v) is 6.74. The average Bonchev–Trinajstić information content (AvgIpc) is 3.02. The molecule has 25 heavy (non-hydrogen) atoms. The van der Waals surface area contributed by atoms with Crippen LogP contribution >= 0.6 is 0 Å². The van der Waals surface area contributed by atoms with E-state index in [1.54, 1.807) is 11.9 Å². The standard InChI is InChI=1S/C18H25N3O4/c1-20-12-18(25-11-17(20)23)6-8-21(13-18)16(22)10-14-2-4-15(5-3-14)24-9-7-19/h2-5H,6-13,19H2,1H3. The minimum absolute atomic E-state index is 0.00709. The molecule has 2 amide bonds. The Kier molecular flexibility index (Phi) is 5.24. The van der Waals surface area contributed by atoms with E-state index in [2.05, 4.69) is 0 Å². The SMILES string of the molecule is CN1CC2(CCN(C(=O)Cc3ccc(OCCN)cc3)C2)OCC1=O. The third kappa shape index (κ3) is 4.11. The highest BCUT2D eigenvalue weighted by atomic mass is 16.5. The van der Waals surface area contributed by atoms with Crippen LogP contribution in [0.5, 0.6) is 5.75 Å². The summed E-state index contributed by atoms with van der Waals surface area (Å²) in [7, 11) is 1.78. The highest BCUT2D eigenvalue weighted by Gasteiger charge is 2.45. The third-order valence-electron chi connectivity index (χ3n) is 4.79. The number of likely N-dealkylation sites (tertiary alicyclic amines) is 1. The Labute approximate surface area is 147 Å². The maximum Gasteiger partial charge on any atom is 0.248 e. The first-order valence-electron chi connectivity index (χ1n) is 8.59. The predicted octanol–water partition coefficient (Wildman–Crippen LogP) is 0.0263. The molecule has 0 radical (unpaired) electrons. The van der Waals surface area contributed by atoms with Crippen LogP contribution in [0, 0.1) is 0 Å². The predicted molar refractivity (Wildman–Crippen MR) is 92.2 cm³/mol. The van der Waals surface area contributed by atoms with Crippen molar-refractivity contribution in [2.75, 3.05) is 46.4 Å². The number of amides is 2. The van der Waals surface area contributed by atoms with Crippen LogP contribution in [0.1, 0.15) is 12.0 Å². The molecule has 2 N–H and O–H groups in total. The zero-order valence-corrected chi connectivity index (χ0v) is 14.6. The van der Waals surface area contributed by atoms with Gasteiger partial charge >= 0.3 is 0 Å². The number of nitrogens with two attached hydrogens (primary N) is 1. The molecule has 0 bridgehead atoms. The summed E-state index contributed by atoms with van der Waals surface area (Å²) in [4.78, 5) is 27.7. The average molecular weight is 347 g/mol. The number of ether oxygens (including phenoxy) is 2. The number of nitrogens with zero attached hydrogens (tertiary/aromatic N) is 2. The van der Waals surface area contributed by atoms with E-state index in [-0.39, 0.29) is 18.4 Å². The van der Waals surface area contributed by atoms with Crippen molar-refractivity contribution in [3.63, 3.8) is 0 Å². The fourth-order valence-corrected chi connectivity index (χ4v) is 3.36. The molecule has 1 aromatic rings. The number of likely N-dealkylation sites (N-methyl/N-ethyl adjacent to an activating group) is 1. The maximum absolute atomic E-state index is 12.6. The monoisotopic (exact) mass is 347 g/mol. The van der Waals surface area contributed by atoms with Crippen LogP contribution in [0.2, 0.25) is 0 Å². The van der Waals surface area contributed by atoms with Crippen LogP contribution in [-0.4, -0.2) is 73.7 Å². The molecule has 1 atom stereocenters. The Morgan fingerprint density at radius 2 is 2.08 bits per heavy atom. The minimum Gasteiger partial charge on any atom is -0.492 e. The van der Waals surface area contributed by atoms with Crippen molar-refractivity contribution < 1.29 is 19.1 Å². The number of hydrogen-bond acceptors (Lipinski definition) is 5. The highest BCUT2D eigenvalue weighted by molar-refractivity contribution is 5.80. The van der Waals surface area contributed by atoms with E-state index in [9.17, 15) is 9.59 Å². The minimum atomic E-state index is -0.405. The molecule has 2 heterocycles. The summed E-state index contributed by atoms with van der Waals surface area (Å²) in [6.07, 6.45) is 1.12. The van der Waals surface area contributed by atoms with Crippen LogP contribution in [-0.2, 0) is 20.7 Å². The second kappa shape index (κ2) is 7.41. The Hall–Kier alpha value is -2.12. The summed E-state index contributed by atoms with van der Waals surface area (Å²) >= 11 is 0. The molecule has 1 spiro atoms. The van der Waals surface area contributed by atoms with Gasteiger partial charge in [0.15, 0.2) is 0 Å². The van der Waals surface area contributed by atoms with Gasteiger partial charge in [-0.25, -0.2) is 0 Å². The van der Waals surface area contributed by atoms with E-state index in [4.69, 9.17) is 15.2 Å². The van der Waals surface area contributed by atoms with Crippen molar-refractivity contribution in [2.45, 2.75) is 18.4 Å². The molecule has 0 aromatic heterocycles. The van der Waals surface area contributed by atoms with E-state index in [0.717, 1.165) is 17.7 Å². The summed E-state index contributed by atoms with van der Waals surface area (Å²) < 4.78 is 11.2. The Bertz CT molecular complexity index is 634. The number of hydrogen-bond donors (Lipinski definition) is 1. The lowest BCUT2D eigenvalue weighted by molar-refractivity contribution is -0.159. The van der Waals surface area contributed by atoms with Gasteiger partial charge < -0.3 is 25.0 Å². The normalized spacial score (nSPS) is 23.4. The first-order chi connectivity index (χ1) is 12.0. The van der Waals surface area contributed by atoms with Crippen molar-refractivity contribution in [1.29, 1.82) is 0 Å². The Morgan fingerprint density at radius 3 is 2.76 bits per heavy atom. The number of benzene rings is 1. The van der Waals surface area contributed by atoms with Gasteiger partial charge in [0.25, 0.3) is 0 Å². The van der Waals surface area contributed by atoms with Gasteiger partial charge in [0.05, 0.1) is 19.5 Å². The lowest BCUT2D eigenvalue weighted by Gasteiger charge is -2.38. The number of morpholine rings is 1. The maximum atomic E-state index is 12.6. The van der Waals surface area contributed by atoms with Gasteiger partial charge in [-0.3, -0.25) is 9.59 Å². The topological polar surface area (TPSA) is 85.1 Å². The van der Waals surface area contributed by atoms with Gasteiger partial charge in [0.2, 0.25) is 11.8 Å². The van der Waals surface area contributed by atoms with E-state index < -0.39 is 5.60 Å². The highest BCUT2D eigenvalue weighted by Crippen LogP contribution is 2.29. The van der Waals surface area contributed by atoms with Crippen LogP contribution in [0.15, 0.2) is 24.3 Å². The molecule has 2 aliphatic heterocycles. The van der Waals surface area contributed by atoms with Crippen molar-refractivity contribution in [1.82, 2.24) is 9.80 Å². The van der Waals surface area contributed by atoms with Crippen LogP contribution in [0.4, 0.5) is 0 Å². The van der Waals surface area contributed by atoms with E-state index >= 15 is 0 Å². The lowest BCUT2D eigenvalue weighted by atomic mass is 10.0. The Balaban J connectivity index is 1.55. The molecule has 7 heteroatoms. The molecule has 136 valence electrons. The molecule has 1 aromatic carbocycles. The number of rotatable bonds is 5. The quantitative estimate of drug-likeness (QED) is 0.812. The van der Waals surface area contributed by atoms with Gasteiger partial charge in [-0.05, 0) is 24.1 Å². The molecule has 1 unspecified atom stereocenters. The van der Waals surface area contributed by atoms with Gasteiger partial charge in [-0.15, -0.1) is 0 Å². The Morgan fingerprint density at radius 1 is 1.32 bits per heavy atom. The zero-order valence-electron chi connectivity index (χ0n) is 14.6. The largest absolute Gasteiger partial charge is 0.492 e. The smallest absolute Gasteiger partial charge is 0.248 e. The van der Waals surface area contributed by atoms with Crippen LogP contribution in [0.25, 0.3) is 0 Å². The molecular weight excluding hydrogens is 322 g/mol. The summed E-state index contributed by atoms with van der Waals surface area (Å²) in [6, 6.07) is 7.52. The second-order valence-electron chi connectivity index (χ2n) is 6.74. The van der Waals surface area contributed by atoms with Gasteiger partial charge in [0.1, 0.15) is 24.6 Å². The summed E-state index contributed by atoms with van der Waals surface area (Å²) in [5, 5.41) is 0. The molecule has 2 aliphatic rings. The molecular formula is C18H25N3O4. The van der Waals surface area contributed by atoms with Gasteiger partial charge in [0, 0.05) is 20.1 Å². The van der Waals surface area contributed by atoms with E-state index in [1.807, 2.05) is 29.2 Å². The summed E-state index contributed by atoms with van der Waals surface area (Å²) in [5.74, 6) is 0.827. The number of carbonyl (C=O) groups excluding carboxylic acids is 2. The van der Waals surface area contributed by atoms with E-state index in [0.29, 0.717) is 39.2 Å². The van der Waals surface area contributed by atoms with Crippen molar-refractivity contribution in [2.24, 2.45) is 5.73 Å². The molecule has 0 saturated carbocycles. The zero-order chi connectivity index (χ0) is 17.9. The van der Waals surface area contributed by atoms with E-state index in [1.165, 1.54) is 0 Å². The van der Waals surface area contributed by atoms with Crippen molar-refractivity contribution in [3.8, 4) is 5.75 Å². The fourth-order valence-electron chi connectivity index (χ4n) is 3.36. The van der Waals surface area contributed by atoms with Gasteiger partial charge in [-0.2, -0.15) is 0 Å².